The first-order valence-corrected chi connectivity index (χ1v) is 8.48. The molecule has 2 rings (SSSR count). The minimum absolute atomic E-state index is 0.0821. The first-order valence-electron chi connectivity index (χ1n) is 8.10. The SMILES string of the molecule is CC[C@@H](C)[C@H](NC(=O)Cc1c(C)c2cc(Cl)c(O)cc2oc1=O)C(=O)[O-]. The summed E-state index contributed by atoms with van der Waals surface area (Å²) in [6.07, 6.45) is 0.195. The van der Waals surface area contributed by atoms with Gasteiger partial charge in [0, 0.05) is 11.5 Å². The summed E-state index contributed by atoms with van der Waals surface area (Å²) < 4.78 is 5.15. The highest BCUT2D eigenvalue weighted by Crippen LogP contribution is 2.30. The molecule has 0 aliphatic carbocycles. The van der Waals surface area contributed by atoms with E-state index in [1.165, 1.54) is 12.1 Å². The van der Waals surface area contributed by atoms with Crippen LogP contribution >= 0.6 is 11.6 Å². The quantitative estimate of drug-likeness (QED) is 0.728. The van der Waals surface area contributed by atoms with Crippen LogP contribution in [0.25, 0.3) is 11.0 Å². The van der Waals surface area contributed by atoms with Crippen molar-refractivity contribution in [2.24, 2.45) is 5.92 Å². The third kappa shape index (κ3) is 3.99. The topological polar surface area (TPSA) is 120 Å². The van der Waals surface area contributed by atoms with Crippen LogP contribution in [0.2, 0.25) is 5.02 Å². The summed E-state index contributed by atoms with van der Waals surface area (Å²) in [4.78, 5) is 35.7. The molecule has 2 N–H and O–H groups in total. The maximum Gasteiger partial charge on any atom is 0.340 e. The maximum absolute atomic E-state index is 12.3. The number of hydrogen-bond acceptors (Lipinski definition) is 6. The van der Waals surface area contributed by atoms with Crippen molar-refractivity contribution in [1.29, 1.82) is 0 Å². The number of hydrogen-bond donors (Lipinski definition) is 2. The Labute approximate surface area is 154 Å². The molecule has 2 aromatic rings. The van der Waals surface area contributed by atoms with Crippen LogP contribution in [0.3, 0.4) is 0 Å². The zero-order valence-corrected chi connectivity index (χ0v) is 15.3. The molecule has 26 heavy (non-hydrogen) atoms. The number of nitrogens with one attached hydrogen (secondary N) is 1. The summed E-state index contributed by atoms with van der Waals surface area (Å²) in [7, 11) is 0. The van der Waals surface area contributed by atoms with Gasteiger partial charge in [-0.25, -0.2) is 4.79 Å². The molecule has 1 amide bonds. The van der Waals surface area contributed by atoms with Gasteiger partial charge in [-0.3, -0.25) is 4.79 Å². The first kappa shape index (κ1) is 19.8. The van der Waals surface area contributed by atoms with Crippen molar-refractivity contribution < 1.29 is 24.2 Å². The molecule has 1 aromatic heterocycles. The Kier molecular flexibility index (Phi) is 5.92. The van der Waals surface area contributed by atoms with Gasteiger partial charge in [0.1, 0.15) is 11.3 Å². The van der Waals surface area contributed by atoms with Gasteiger partial charge in [0.2, 0.25) is 5.91 Å². The summed E-state index contributed by atoms with van der Waals surface area (Å²) in [5, 5.41) is 23.8. The van der Waals surface area contributed by atoms with E-state index in [9.17, 15) is 24.6 Å². The van der Waals surface area contributed by atoms with E-state index in [1.807, 2.05) is 0 Å². The van der Waals surface area contributed by atoms with Gasteiger partial charge in [-0.1, -0.05) is 31.9 Å². The number of rotatable bonds is 6. The minimum Gasteiger partial charge on any atom is -0.548 e. The summed E-state index contributed by atoms with van der Waals surface area (Å²) in [5.41, 5.74) is -0.0222. The fourth-order valence-corrected chi connectivity index (χ4v) is 2.82. The Hall–Kier alpha value is -2.54. The highest BCUT2D eigenvalue weighted by atomic mass is 35.5. The first-order chi connectivity index (χ1) is 12.1. The van der Waals surface area contributed by atoms with Crippen LogP contribution < -0.4 is 16.0 Å². The van der Waals surface area contributed by atoms with Gasteiger partial charge >= 0.3 is 5.63 Å². The molecule has 1 aromatic carbocycles. The molecule has 0 unspecified atom stereocenters. The highest BCUT2D eigenvalue weighted by Gasteiger charge is 2.22. The lowest BCUT2D eigenvalue weighted by atomic mass is 9.98. The van der Waals surface area contributed by atoms with E-state index >= 15 is 0 Å². The number of phenols is 1. The zero-order valence-electron chi connectivity index (χ0n) is 14.6. The average molecular weight is 381 g/mol. The minimum atomic E-state index is -1.38. The number of fused-ring (bicyclic) bond motifs is 1. The van der Waals surface area contributed by atoms with Crippen LogP contribution in [-0.2, 0) is 16.0 Å². The molecule has 2 atom stereocenters. The summed E-state index contributed by atoms with van der Waals surface area (Å²) in [5.74, 6) is -2.55. The maximum atomic E-state index is 12.3. The molecular formula is C18H19ClNO6-. The molecule has 0 bridgehead atoms. The van der Waals surface area contributed by atoms with Crippen LogP contribution in [0.4, 0.5) is 0 Å². The molecule has 0 saturated heterocycles. The molecule has 140 valence electrons. The van der Waals surface area contributed by atoms with Crippen LogP contribution in [0.5, 0.6) is 5.75 Å². The third-order valence-corrected chi connectivity index (χ3v) is 4.78. The lowest BCUT2D eigenvalue weighted by molar-refractivity contribution is -0.309. The van der Waals surface area contributed by atoms with E-state index in [4.69, 9.17) is 16.0 Å². The van der Waals surface area contributed by atoms with E-state index in [-0.39, 0.29) is 34.3 Å². The zero-order chi connectivity index (χ0) is 19.6. The number of carboxylic acids is 1. The molecule has 0 aliphatic heterocycles. The summed E-state index contributed by atoms with van der Waals surface area (Å²) in [6, 6.07) is 1.52. The standard InChI is InChI=1S/C18H20ClNO6/c1-4-8(2)16(17(23)24)20-15(22)6-11-9(3)10-5-12(19)13(21)7-14(10)26-18(11)25/h5,7-8,16,21H,4,6H2,1-3H3,(H,20,22)(H,23,24)/p-1/t8-,16+/m1/s1. The Morgan fingerprint density at radius 1 is 1.38 bits per heavy atom. The van der Waals surface area contributed by atoms with Crippen LogP contribution in [0.15, 0.2) is 21.3 Å². The number of carbonyl (C=O) groups excluding carboxylic acids is 2. The van der Waals surface area contributed by atoms with Gasteiger partial charge in [-0.2, -0.15) is 0 Å². The number of benzene rings is 1. The number of phenolic OH excluding ortho intramolecular Hbond substituents is 1. The average Bonchev–Trinajstić information content (AvgIpc) is 2.57. The largest absolute Gasteiger partial charge is 0.548 e. The monoisotopic (exact) mass is 380 g/mol. The lowest BCUT2D eigenvalue weighted by Crippen LogP contribution is -2.51. The van der Waals surface area contributed by atoms with Crippen molar-refractivity contribution in [3.05, 3.63) is 38.7 Å². The molecule has 0 aliphatic rings. The van der Waals surface area contributed by atoms with Gasteiger partial charge in [-0.15, -0.1) is 0 Å². The second kappa shape index (κ2) is 7.78. The fraction of sp³-hybridized carbons (Fsp3) is 0.389. The second-order valence-corrected chi connectivity index (χ2v) is 6.63. The van der Waals surface area contributed by atoms with Gasteiger partial charge in [0.05, 0.1) is 29.0 Å². The Morgan fingerprint density at radius 3 is 2.62 bits per heavy atom. The van der Waals surface area contributed by atoms with Crippen molar-refractivity contribution in [3.8, 4) is 5.75 Å². The van der Waals surface area contributed by atoms with E-state index in [0.717, 1.165) is 0 Å². The predicted octanol–water partition coefficient (Wildman–Crippen LogP) is 1.28. The van der Waals surface area contributed by atoms with E-state index in [0.29, 0.717) is 17.4 Å². The third-order valence-electron chi connectivity index (χ3n) is 4.48. The predicted molar refractivity (Wildman–Crippen MR) is 94.0 cm³/mol. The number of carboxylic acid groups (broad SMARTS) is 1. The van der Waals surface area contributed by atoms with Crippen LogP contribution in [0.1, 0.15) is 31.4 Å². The van der Waals surface area contributed by atoms with Crippen molar-refractivity contribution >= 4 is 34.4 Å². The smallest absolute Gasteiger partial charge is 0.340 e. The van der Waals surface area contributed by atoms with Gasteiger partial charge in [0.15, 0.2) is 0 Å². The number of halogens is 1. The summed E-state index contributed by atoms with van der Waals surface area (Å²) in [6.45, 7) is 5.11. The van der Waals surface area contributed by atoms with Crippen molar-refractivity contribution in [1.82, 2.24) is 5.32 Å². The van der Waals surface area contributed by atoms with Gasteiger partial charge in [0.25, 0.3) is 0 Å². The van der Waals surface area contributed by atoms with E-state index in [1.54, 1.807) is 20.8 Å². The number of amides is 1. The number of aromatic hydroxyl groups is 1. The van der Waals surface area contributed by atoms with Crippen molar-refractivity contribution in [2.75, 3.05) is 0 Å². The van der Waals surface area contributed by atoms with Gasteiger partial charge in [-0.05, 0) is 24.5 Å². The molecule has 8 heteroatoms. The van der Waals surface area contributed by atoms with Gasteiger partial charge < -0.3 is 24.7 Å². The van der Waals surface area contributed by atoms with Crippen LogP contribution in [0, 0.1) is 12.8 Å². The molecule has 1 heterocycles. The number of aliphatic carboxylic acids is 1. The molecule has 0 saturated carbocycles. The molecule has 0 fully saturated rings. The fourth-order valence-electron chi connectivity index (χ4n) is 2.66. The molecule has 7 nitrogen and oxygen atoms in total. The molecule has 0 radical (unpaired) electrons. The number of carbonyl (C=O) groups is 2. The molecule has 0 spiro atoms. The van der Waals surface area contributed by atoms with Crippen molar-refractivity contribution in [3.63, 3.8) is 0 Å². The Bertz CT molecular complexity index is 920. The summed E-state index contributed by atoms with van der Waals surface area (Å²) >= 11 is 5.89. The van der Waals surface area contributed by atoms with E-state index < -0.39 is 23.5 Å². The molecular weight excluding hydrogens is 362 g/mol. The second-order valence-electron chi connectivity index (χ2n) is 6.22. The van der Waals surface area contributed by atoms with E-state index in [2.05, 4.69) is 5.32 Å². The lowest BCUT2D eigenvalue weighted by Gasteiger charge is -2.25. The Balaban J connectivity index is 2.35. The highest BCUT2D eigenvalue weighted by molar-refractivity contribution is 6.32. The van der Waals surface area contributed by atoms with Crippen LogP contribution in [-0.4, -0.2) is 23.0 Å². The van der Waals surface area contributed by atoms with Crippen molar-refractivity contribution in [2.45, 2.75) is 39.7 Å². The number of aryl methyl sites for hydroxylation is 1. The normalized spacial score (nSPS) is 13.4. The Morgan fingerprint density at radius 2 is 2.04 bits per heavy atom.